The van der Waals surface area contributed by atoms with Gasteiger partial charge in [0.05, 0.1) is 10.7 Å². The maximum absolute atomic E-state index is 11.7. The maximum atomic E-state index is 11.7. The third kappa shape index (κ3) is 4.63. The lowest BCUT2D eigenvalue weighted by Gasteiger charge is -2.16. The molecule has 2 aromatic rings. The summed E-state index contributed by atoms with van der Waals surface area (Å²) >= 11 is 6.48. The number of anilines is 1. The predicted molar refractivity (Wildman–Crippen MR) is 110 cm³/mol. The Morgan fingerprint density at radius 2 is 1.70 bits per heavy atom. The average Bonchev–Trinajstić information content (AvgIpc) is 3.53. The lowest BCUT2D eigenvalue weighted by Crippen LogP contribution is -2.24. The van der Waals surface area contributed by atoms with E-state index in [9.17, 15) is 4.79 Å². The Balaban J connectivity index is 1.38. The summed E-state index contributed by atoms with van der Waals surface area (Å²) in [5.41, 5.74) is 6.12. The average molecular weight is 384 g/mol. The van der Waals surface area contributed by atoms with Crippen LogP contribution in [0.5, 0.6) is 0 Å². The van der Waals surface area contributed by atoms with Gasteiger partial charge in [0.2, 0.25) is 5.91 Å². The van der Waals surface area contributed by atoms with Gasteiger partial charge in [-0.25, -0.2) is 0 Å². The largest absolute Gasteiger partial charge is 0.380 e. The summed E-state index contributed by atoms with van der Waals surface area (Å²) in [4.78, 5) is 11.7. The second-order valence-corrected chi connectivity index (χ2v) is 7.88. The Kier molecular flexibility index (Phi) is 5.65. The summed E-state index contributed by atoms with van der Waals surface area (Å²) in [5, 5.41) is 10.8. The Hall–Kier alpha value is -2.04. The molecule has 2 aromatic carbocycles. The Bertz CT molecular complexity index is 815. The summed E-state index contributed by atoms with van der Waals surface area (Å²) in [6.45, 7) is 3.35. The van der Waals surface area contributed by atoms with E-state index in [2.05, 4.69) is 46.3 Å². The highest BCUT2D eigenvalue weighted by Gasteiger charge is 2.29. The number of fused-ring (bicyclic) bond motifs is 1. The van der Waals surface area contributed by atoms with E-state index in [-0.39, 0.29) is 11.8 Å². The van der Waals surface area contributed by atoms with Crippen molar-refractivity contribution in [2.45, 2.75) is 38.8 Å². The van der Waals surface area contributed by atoms with Crippen molar-refractivity contribution in [2.24, 2.45) is 5.92 Å². The molecular weight excluding hydrogens is 358 g/mol. The Morgan fingerprint density at radius 1 is 1.00 bits per heavy atom. The SMILES string of the molecule is O=C(NCc1ccc(CNc2c(Cl)ccc3c2CCNCC3)cc1)C1CC1. The zero-order valence-electron chi connectivity index (χ0n) is 15.5. The predicted octanol–water partition coefficient (Wildman–Crippen LogP) is 3.67. The molecule has 1 aliphatic heterocycles. The number of benzene rings is 2. The molecule has 4 nitrogen and oxygen atoms in total. The van der Waals surface area contributed by atoms with Gasteiger partial charge < -0.3 is 16.0 Å². The van der Waals surface area contributed by atoms with E-state index in [0.717, 1.165) is 61.6 Å². The number of nitrogens with one attached hydrogen (secondary N) is 3. The van der Waals surface area contributed by atoms with E-state index in [1.54, 1.807) is 0 Å². The van der Waals surface area contributed by atoms with E-state index in [4.69, 9.17) is 11.6 Å². The van der Waals surface area contributed by atoms with E-state index in [0.29, 0.717) is 6.54 Å². The van der Waals surface area contributed by atoms with Crippen molar-refractivity contribution in [1.29, 1.82) is 0 Å². The van der Waals surface area contributed by atoms with Crippen molar-refractivity contribution in [3.63, 3.8) is 0 Å². The van der Waals surface area contributed by atoms with Crippen molar-refractivity contribution in [1.82, 2.24) is 10.6 Å². The van der Waals surface area contributed by atoms with Gasteiger partial charge in [-0.3, -0.25) is 4.79 Å². The molecule has 1 heterocycles. The number of amides is 1. The number of hydrogen-bond acceptors (Lipinski definition) is 3. The van der Waals surface area contributed by atoms with Gasteiger partial charge in [0.1, 0.15) is 0 Å². The monoisotopic (exact) mass is 383 g/mol. The lowest BCUT2D eigenvalue weighted by atomic mass is 10.0. The van der Waals surface area contributed by atoms with E-state index < -0.39 is 0 Å². The van der Waals surface area contributed by atoms with Crippen LogP contribution in [0.15, 0.2) is 36.4 Å². The van der Waals surface area contributed by atoms with E-state index in [1.165, 1.54) is 16.7 Å². The highest BCUT2D eigenvalue weighted by atomic mass is 35.5. The van der Waals surface area contributed by atoms with Crippen LogP contribution in [0, 0.1) is 5.92 Å². The minimum absolute atomic E-state index is 0.189. The van der Waals surface area contributed by atoms with Gasteiger partial charge in [0, 0.05) is 19.0 Å². The standard InChI is InChI=1S/C22H26ClN3O/c23-20-8-7-17-9-11-24-12-10-19(17)21(20)25-13-15-1-3-16(4-2-15)14-26-22(27)18-5-6-18/h1-4,7-8,18,24-25H,5-6,9-14H2,(H,26,27). The van der Waals surface area contributed by atoms with Gasteiger partial charge in [-0.1, -0.05) is 41.9 Å². The minimum atomic E-state index is 0.189. The van der Waals surface area contributed by atoms with Crippen LogP contribution in [0.25, 0.3) is 0 Å². The summed E-state index contributed by atoms with van der Waals surface area (Å²) in [6.07, 6.45) is 4.12. The molecular formula is C22H26ClN3O. The first-order chi connectivity index (χ1) is 13.2. The summed E-state index contributed by atoms with van der Waals surface area (Å²) in [5.74, 6) is 0.448. The van der Waals surface area contributed by atoms with Gasteiger partial charge in [-0.2, -0.15) is 0 Å². The fourth-order valence-electron chi connectivity index (χ4n) is 3.58. The molecule has 1 amide bonds. The fourth-order valence-corrected chi connectivity index (χ4v) is 3.82. The van der Waals surface area contributed by atoms with Crippen molar-refractivity contribution in [3.8, 4) is 0 Å². The summed E-state index contributed by atoms with van der Waals surface area (Å²) in [7, 11) is 0. The van der Waals surface area contributed by atoms with Crippen LogP contribution in [-0.2, 0) is 30.7 Å². The maximum Gasteiger partial charge on any atom is 0.223 e. The van der Waals surface area contributed by atoms with Crippen molar-refractivity contribution in [2.75, 3.05) is 18.4 Å². The molecule has 0 saturated heterocycles. The number of halogens is 1. The highest BCUT2D eigenvalue weighted by Crippen LogP contribution is 2.31. The normalized spacial score (nSPS) is 16.3. The molecule has 3 N–H and O–H groups in total. The third-order valence-corrected chi connectivity index (χ3v) is 5.70. The van der Waals surface area contributed by atoms with Crippen molar-refractivity contribution >= 4 is 23.2 Å². The molecule has 1 saturated carbocycles. The molecule has 142 valence electrons. The molecule has 5 heteroatoms. The Labute approximate surface area is 165 Å². The molecule has 0 atom stereocenters. The molecule has 0 spiro atoms. The molecule has 1 aliphatic carbocycles. The van der Waals surface area contributed by atoms with E-state index >= 15 is 0 Å². The molecule has 1 fully saturated rings. The molecule has 0 aromatic heterocycles. The topological polar surface area (TPSA) is 53.2 Å². The van der Waals surface area contributed by atoms with Crippen molar-refractivity contribution in [3.05, 3.63) is 63.7 Å². The van der Waals surface area contributed by atoms with Gasteiger partial charge in [0.25, 0.3) is 0 Å². The molecule has 2 aliphatic rings. The zero-order chi connectivity index (χ0) is 18.6. The first kappa shape index (κ1) is 18.3. The summed E-state index contributed by atoms with van der Waals surface area (Å²) < 4.78 is 0. The smallest absolute Gasteiger partial charge is 0.223 e. The molecule has 0 unspecified atom stereocenters. The summed E-state index contributed by atoms with van der Waals surface area (Å²) in [6, 6.07) is 12.5. The minimum Gasteiger partial charge on any atom is -0.380 e. The molecule has 0 radical (unpaired) electrons. The fraction of sp³-hybridized carbons (Fsp3) is 0.409. The number of rotatable bonds is 6. The van der Waals surface area contributed by atoms with Crippen LogP contribution >= 0.6 is 11.6 Å². The number of hydrogen-bond donors (Lipinski definition) is 3. The zero-order valence-corrected chi connectivity index (χ0v) is 16.2. The second kappa shape index (κ2) is 8.32. The van der Waals surface area contributed by atoms with Crippen LogP contribution in [0.4, 0.5) is 5.69 Å². The number of carbonyl (C=O) groups is 1. The van der Waals surface area contributed by atoms with Crippen LogP contribution in [-0.4, -0.2) is 19.0 Å². The first-order valence-electron chi connectivity index (χ1n) is 9.81. The Morgan fingerprint density at radius 3 is 2.44 bits per heavy atom. The van der Waals surface area contributed by atoms with Gasteiger partial charge in [0.15, 0.2) is 0 Å². The van der Waals surface area contributed by atoms with Gasteiger partial charge >= 0.3 is 0 Å². The van der Waals surface area contributed by atoms with Crippen molar-refractivity contribution < 1.29 is 4.79 Å². The van der Waals surface area contributed by atoms with Gasteiger partial charge in [-0.15, -0.1) is 0 Å². The van der Waals surface area contributed by atoms with Crippen LogP contribution in [0.1, 0.15) is 35.1 Å². The van der Waals surface area contributed by atoms with Gasteiger partial charge in [-0.05, 0) is 67.1 Å². The third-order valence-electron chi connectivity index (χ3n) is 5.39. The highest BCUT2D eigenvalue weighted by molar-refractivity contribution is 6.33. The second-order valence-electron chi connectivity index (χ2n) is 7.47. The molecule has 0 bridgehead atoms. The molecule has 4 rings (SSSR count). The van der Waals surface area contributed by atoms with Crippen LogP contribution < -0.4 is 16.0 Å². The quantitative estimate of drug-likeness (QED) is 0.713. The molecule has 27 heavy (non-hydrogen) atoms. The lowest BCUT2D eigenvalue weighted by molar-refractivity contribution is -0.122. The van der Waals surface area contributed by atoms with Crippen LogP contribution in [0.3, 0.4) is 0 Å². The van der Waals surface area contributed by atoms with E-state index in [1.807, 2.05) is 6.07 Å². The first-order valence-corrected chi connectivity index (χ1v) is 10.2. The number of carbonyl (C=O) groups excluding carboxylic acids is 1. The van der Waals surface area contributed by atoms with Crippen LogP contribution in [0.2, 0.25) is 5.02 Å².